The zero-order valence-electron chi connectivity index (χ0n) is 11.8. The van der Waals surface area contributed by atoms with Crippen LogP contribution in [0.4, 0.5) is 5.69 Å². The Morgan fingerprint density at radius 1 is 1.24 bits per heavy atom. The van der Waals surface area contributed by atoms with E-state index in [1.165, 1.54) is 0 Å². The summed E-state index contributed by atoms with van der Waals surface area (Å²) in [5.74, 6) is 0.561. The molecule has 0 saturated carbocycles. The highest BCUT2D eigenvalue weighted by Crippen LogP contribution is 2.29. The van der Waals surface area contributed by atoms with Crippen LogP contribution in [0.15, 0.2) is 48.5 Å². The Morgan fingerprint density at radius 2 is 2.00 bits per heavy atom. The molecule has 0 bridgehead atoms. The topological polar surface area (TPSA) is 50.9 Å². The van der Waals surface area contributed by atoms with E-state index < -0.39 is 0 Å². The molecule has 0 spiro atoms. The highest BCUT2D eigenvalue weighted by atomic mass is 16.6. The Hall–Kier alpha value is -2.33. The van der Waals surface area contributed by atoms with Gasteiger partial charge >= 0.3 is 0 Å². The fraction of sp³-hybridized carbons (Fsp3) is 0.235. The summed E-state index contributed by atoms with van der Waals surface area (Å²) in [6.07, 6.45) is 0.183. The predicted molar refractivity (Wildman–Crippen MR) is 80.8 cm³/mol. The molecule has 4 heteroatoms. The number of rotatable bonds is 5. The lowest BCUT2D eigenvalue weighted by Gasteiger charge is -2.14. The van der Waals surface area contributed by atoms with Crippen molar-refractivity contribution in [3.8, 4) is 5.75 Å². The maximum absolute atomic E-state index is 12.2. The molecule has 21 heavy (non-hydrogen) atoms. The van der Waals surface area contributed by atoms with E-state index in [0.717, 1.165) is 12.2 Å². The SMILES string of the molecule is Cc1cccc(NC(=O)c2ccccc2)c1OCC1CO1. The van der Waals surface area contributed by atoms with Crippen LogP contribution in [0, 0.1) is 6.92 Å². The molecule has 1 unspecified atom stereocenters. The van der Waals surface area contributed by atoms with Crippen molar-refractivity contribution >= 4 is 11.6 Å². The molecule has 1 N–H and O–H groups in total. The molecule has 1 amide bonds. The lowest BCUT2D eigenvalue weighted by Crippen LogP contribution is -2.14. The van der Waals surface area contributed by atoms with Gasteiger partial charge in [-0.15, -0.1) is 0 Å². The number of hydrogen-bond donors (Lipinski definition) is 1. The summed E-state index contributed by atoms with van der Waals surface area (Å²) < 4.78 is 10.9. The first-order valence-electron chi connectivity index (χ1n) is 6.94. The molecule has 1 aliphatic heterocycles. The van der Waals surface area contributed by atoms with Gasteiger partial charge in [-0.2, -0.15) is 0 Å². The molecule has 4 nitrogen and oxygen atoms in total. The maximum atomic E-state index is 12.2. The molecule has 108 valence electrons. The van der Waals surface area contributed by atoms with Crippen LogP contribution in [0.1, 0.15) is 15.9 Å². The quantitative estimate of drug-likeness (QED) is 0.858. The van der Waals surface area contributed by atoms with Gasteiger partial charge in [0.2, 0.25) is 0 Å². The smallest absolute Gasteiger partial charge is 0.255 e. The number of para-hydroxylation sites is 1. The molecule has 1 saturated heterocycles. The van der Waals surface area contributed by atoms with Crippen molar-refractivity contribution in [2.45, 2.75) is 13.0 Å². The second-order valence-electron chi connectivity index (χ2n) is 5.04. The summed E-state index contributed by atoms with van der Waals surface area (Å²) in [5, 5.41) is 2.91. The average Bonchev–Trinajstić information content (AvgIpc) is 3.32. The number of anilines is 1. The average molecular weight is 283 g/mol. The van der Waals surface area contributed by atoms with E-state index in [1.54, 1.807) is 12.1 Å². The largest absolute Gasteiger partial charge is 0.488 e. The van der Waals surface area contributed by atoms with Crippen molar-refractivity contribution < 1.29 is 14.3 Å². The normalized spacial score (nSPS) is 16.3. The van der Waals surface area contributed by atoms with Gasteiger partial charge in [-0.25, -0.2) is 0 Å². The van der Waals surface area contributed by atoms with E-state index in [4.69, 9.17) is 9.47 Å². The van der Waals surface area contributed by atoms with E-state index in [-0.39, 0.29) is 12.0 Å². The molecule has 1 fully saturated rings. The number of benzene rings is 2. The van der Waals surface area contributed by atoms with Gasteiger partial charge in [-0.3, -0.25) is 4.79 Å². The fourth-order valence-electron chi connectivity index (χ4n) is 2.07. The summed E-state index contributed by atoms with van der Waals surface area (Å²) in [7, 11) is 0. The second kappa shape index (κ2) is 5.97. The Labute approximate surface area is 123 Å². The van der Waals surface area contributed by atoms with E-state index in [2.05, 4.69) is 5.32 Å². The van der Waals surface area contributed by atoms with Gasteiger partial charge in [0.25, 0.3) is 5.91 Å². The second-order valence-corrected chi connectivity index (χ2v) is 5.04. The lowest BCUT2D eigenvalue weighted by atomic mass is 10.1. The zero-order chi connectivity index (χ0) is 14.7. The highest BCUT2D eigenvalue weighted by Gasteiger charge is 2.24. The third-order valence-corrected chi connectivity index (χ3v) is 3.31. The van der Waals surface area contributed by atoms with E-state index >= 15 is 0 Å². The van der Waals surface area contributed by atoms with E-state index in [0.29, 0.717) is 23.6 Å². The van der Waals surface area contributed by atoms with Crippen molar-refractivity contribution in [3.63, 3.8) is 0 Å². The van der Waals surface area contributed by atoms with Gasteiger partial charge < -0.3 is 14.8 Å². The number of aryl methyl sites for hydroxylation is 1. The molecule has 0 aliphatic carbocycles. The van der Waals surface area contributed by atoms with Gasteiger partial charge in [0.15, 0.2) is 0 Å². The van der Waals surface area contributed by atoms with Crippen LogP contribution >= 0.6 is 0 Å². The van der Waals surface area contributed by atoms with Crippen LogP contribution in [0.3, 0.4) is 0 Å². The third-order valence-electron chi connectivity index (χ3n) is 3.31. The summed E-state index contributed by atoms with van der Waals surface area (Å²) in [6, 6.07) is 14.8. The van der Waals surface area contributed by atoms with Crippen LogP contribution in [0.2, 0.25) is 0 Å². The van der Waals surface area contributed by atoms with Crippen LogP contribution in [-0.4, -0.2) is 25.2 Å². The minimum absolute atomic E-state index is 0.145. The predicted octanol–water partition coefficient (Wildman–Crippen LogP) is 3.02. The fourth-order valence-corrected chi connectivity index (χ4v) is 2.07. The Morgan fingerprint density at radius 3 is 2.71 bits per heavy atom. The first-order chi connectivity index (χ1) is 10.2. The van der Waals surface area contributed by atoms with Gasteiger partial charge in [0.1, 0.15) is 18.5 Å². The molecule has 2 aromatic carbocycles. The Kier molecular flexibility index (Phi) is 3.88. The van der Waals surface area contributed by atoms with Crippen molar-refractivity contribution in [1.29, 1.82) is 0 Å². The molecule has 1 atom stereocenters. The lowest BCUT2D eigenvalue weighted by molar-refractivity contribution is 0.102. The molecular formula is C17H17NO3. The van der Waals surface area contributed by atoms with Crippen molar-refractivity contribution in [3.05, 3.63) is 59.7 Å². The standard InChI is InChI=1S/C17H17NO3/c1-12-6-5-9-15(16(12)21-11-14-10-20-14)18-17(19)13-7-3-2-4-8-13/h2-9,14H,10-11H2,1H3,(H,18,19). The number of epoxide rings is 1. The monoisotopic (exact) mass is 283 g/mol. The number of nitrogens with one attached hydrogen (secondary N) is 1. The van der Waals surface area contributed by atoms with Crippen molar-refractivity contribution in [2.24, 2.45) is 0 Å². The zero-order valence-corrected chi connectivity index (χ0v) is 11.8. The molecule has 0 radical (unpaired) electrons. The van der Waals surface area contributed by atoms with Crippen molar-refractivity contribution in [2.75, 3.05) is 18.5 Å². The molecule has 2 aromatic rings. The molecule has 1 heterocycles. The Bertz CT molecular complexity index is 636. The Balaban J connectivity index is 1.77. The highest BCUT2D eigenvalue weighted by molar-refractivity contribution is 6.05. The minimum Gasteiger partial charge on any atom is -0.488 e. The minimum atomic E-state index is -0.145. The number of hydrogen-bond acceptors (Lipinski definition) is 3. The van der Waals surface area contributed by atoms with E-state index in [1.807, 2.05) is 43.3 Å². The number of carbonyl (C=O) groups excluding carboxylic acids is 1. The first-order valence-corrected chi connectivity index (χ1v) is 6.94. The maximum Gasteiger partial charge on any atom is 0.255 e. The molecule has 1 aliphatic rings. The summed E-state index contributed by atoms with van der Waals surface area (Å²) in [5.41, 5.74) is 2.29. The number of carbonyl (C=O) groups is 1. The summed E-state index contributed by atoms with van der Waals surface area (Å²) in [4.78, 5) is 12.2. The molecular weight excluding hydrogens is 266 g/mol. The van der Waals surface area contributed by atoms with Gasteiger partial charge in [0.05, 0.1) is 12.3 Å². The molecule has 0 aromatic heterocycles. The third kappa shape index (κ3) is 3.41. The van der Waals surface area contributed by atoms with Gasteiger partial charge in [-0.05, 0) is 30.7 Å². The number of ether oxygens (including phenoxy) is 2. The van der Waals surface area contributed by atoms with E-state index in [9.17, 15) is 4.79 Å². The molecule has 3 rings (SSSR count). The van der Waals surface area contributed by atoms with Gasteiger partial charge in [0, 0.05) is 5.56 Å². The van der Waals surface area contributed by atoms with Crippen LogP contribution < -0.4 is 10.1 Å². The van der Waals surface area contributed by atoms with Gasteiger partial charge in [-0.1, -0.05) is 30.3 Å². The first kappa shape index (κ1) is 13.6. The summed E-state index contributed by atoms with van der Waals surface area (Å²) in [6.45, 7) is 3.22. The number of amides is 1. The summed E-state index contributed by atoms with van der Waals surface area (Å²) >= 11 is 0. The van der Waals surface area contributed by atoms with Crippen LogP contribution in [0.25, 0.3) is 0 Å². The van der Waals surface area contributed by atoms with Crippen LogP contribution in [-0.2, 0) is 4.74 Å². The van der Waals surface area contributed by atoms with Crippen LogP contribution in [0.5, 0.6) is 5.75 Å². The van der Waals surface area contributed by atoms with Crippen molar-refractivity contribution in [1.82, 2.24) is 0 Å².